The van der Waals surface area contributed by atoms with Crippen molar-refractivity contribution >= 4 is 23.5 Å². The second kappa shape index (κ2) is 8.21. The number of amides is 2. The van der Waals surface area contributed by atoms with Crippen molar-refractivity contribution in [2.75, 3.05) is 11.9 Å². The number of halogens is 1. The number of rotatable bonds is 7. The number of hydrogen-bond acceptors (Lipinski definition) is 3. The lowest BCUT2D eigenvalue weighted by Gasteiger charge is -2.40. The molecule has 0 spiro atoms. The molecule has 3 N–H and O–H groups in total. The first-order chi connectivity index (χ1) is 13.4. The molecule has 2 amide bonds. The van der Waals surface area contributed by atoms with Gasteiger partial charge >= 0.3 is 5.97 Å². The van der Waals surface area contributed by atoms with E-state index in [1.165, 1.54) is 12.1 Å². The van der Waals surface area contributed by atoms with Crippen LogP contribution in [-0.2, 0) is 15.0 Å². The number of aliphatic carboxylic acids is 1. The SMILES string of the molecule is O=C(O)CCNC(=O)c1ccc(NC(=O)C2(c3cccc(F)c3)CCC2)cc1. The van der Waals surface area contributed by atoms with Crippen LogP contribution >= 0.6 is 0 Å². The van der Waals surface area contributed by atoms with Gasteiger partial charge < -0.3 is 15.7 Å². The number of carbonyl (C=O) groups is 3. The van der Waals surface area contributed by atoms with E-state index in [9.17, 15) is 18.8 Å². The molecule has 2 aromatic carbocycles. The highest BCUT2D eigenvalue weighted by Crippen LogP contribution is 2.44. The monoisotopic (exact) mass is 384 g/mol. The van der Waals surface area contributed by atoms with Crippen molar-refractivity contribution in [1.29, 1.82) is 0 Å². The van der Waals surface area contributed by atoms with Crippen LogP contribution in [-0.4, -0.2) is 29.4 Å². The zero-order valence-electron chi connectivity index (χ0n) is 15.2. The lowest BCUT2D eigenvalue weighted by atomic mass is 9.63. The van der Waals surface area contributed by atoms with Crippen LogP contribution in [0, 0.1) is 5.82 Å². The average molecular weight is 384 g/mol. The fourth-order valence-corrected chi connectivity index (χ4v) is 3.30. The minimum absolute atomic E-state index is 0.0445. The molecule has 1 aliphatic rings. The van der Waals surface area contributed by atoms with E-state index in [1.54, 1.807) is 36.4 Å². The van der Waals surface area contributed by atoms with Crippen LogP contribution in [0.3, 0.4) is 0 Å². The highest BCUT2D eigenvalue weighted by Gasteiger charge is 2.45. The molecule has 0 bridgehead atoms. The Balaban J connectivity index is 1.65. The number of carboxylic acids is 1. The first-order valence-corrected chi connectivity index (χ1v) is 9.08. The Bertz CT molecular complexity index is 892. The number of hydrogen-bond donors (Lipinski definition) is 3. The second-order valence-corrected chi connectivity index (χ2v) is 6.88. The van der Waals surface area contributed by atoms with Crippen LogP contribution in [0.15, 0.2) is 48.5 Å². The van der Waals surface area contributed by atoms with Crippen molar-refractivity contribution in [3.05, 3.63) is 65.5 Å². The van der Waals surface area contributed by atoms with Gasteiger partial charge in [0.05, 0.1) is 11.8 Å². The Morgan fingerprint density at radius 1 is 1.07 bits per heavy atom. The number of carboxylic acid groups (broad SMARTS) is 1. The van der Waals surface area contributed by atoms with Crippen molar-refractivity contribution in [3.8, 4) is 0 Å². The predicted molar refractivity (Wildman–Crippen MR) is 102 cm³/mol. The summed E-state index contributed by atoms with van der Waals surface area (Å²) in [5.41, 5.74) is 0.849. The van der Waals surface area contributed by atoms with Gasteiger partial charge in [-0.1, -0.05) is 18.6 Å². The first kappa shape index (κ1) is 19.5. The second-order valence-electron chi connectivity index (χ2n) is 6.88. The molecule has 7 heteroatoms. The molecule has 146 valence electrons. The number of benzene rings is 2. The van der Waals surface area contributed by atoms with E-state index in [0.29, 0.717) is 29.7 Å². The van der Waals surface area contributed by atoms with Gasteiger partial charge in [-0.2, -0.15) is 0 Å². The van der Waals surface area contributed by atoms with E-state index in [1.807, 2.05) is 0 Å². The Kier molecular flexibility index (Phi) is 5.73. The van der Waals surface area contributed by atoms with Crippen LogP contribution in [0.2, 0.25) is 0 Å². The molecule has 0 saturated heterocycles. The first-order valence-electron chi connectivity index (χ1n) is 9.08. The average Bonchev–Trinajstić information content (AvgIpc) is 2.61. The fourth-order valence-electron chi connectivity index (χ4n) is 3.30. The maximum atomic E-state index is 13.6. The van der Waals surface area contributed by atoms with E-state index in [0.717, 1.165) is 6.42 Å². The van der Waals surface area contributed by atoms with Crippen molar-refractivity contribution in [2.45, 2.75) is 31.1 Å². The zero-order valence-corrected chi connectivity index (χ0v) is 15.2. The highest BCUT2D eigenvalue weighted by atomic mass is 19.1. The summed E-state index contributed by atoms with van der Waals surface area (Å²) in [6.45, 7) is 0.0445. The van der Waals surface area contributed by atoms with Crippen LogP contribution in [0.1, 0.15) is 41.6 Å². The summed E-state index contributed by atoms with van der Waals surface area (Å²) in [6.07, 6.45) is 2.07. The van der Waals surface area contributed by atoms with E-state index in [4.69, 9.17) is 5.11 Å². The maximum absolute atomic E-state index is 13.6. The van der Waals surface area contributed by atoms with E-state index < -0.39 is 11.4 Å². The van der Waals surface area contributed by atoms with Gasteiger partial charge in [0.15, 0.2) is 0 Å². The molecule has 0 unspecified atom stereocenters. The number of anilines is 1. The molecule has 6 nitrogen and oxygen atoms in total. The van der Waals surface area contributed by atoms with Gasteiger partial charge in [-0.25, -0.2) is 4.39 Å². The summed E-state index contributed by atoms with van der Waals surface area (Å²) in [5.74, 6) is -1.92. The standard InChI is InChI=1S/C21H21FN2O4/c22-16-4-1-3-15(13-16)21(10-2-11-21)20(28)24-17-7-5-14(6-8-17)19(27)23-12-9-18(25)26/h1,3-8,13H,2,9-12H2,(H,23,27)(H,24,28)(H,25,26). The third-order valence-electron chi connectivity index (χ3n) is 5.05. The molecule has 0 radical (unpaired) electrons. The predicted octanol–water partition coefficient (Wildman–Crippen LogP) is 3.09. The summed E-state index contributed by atoms with van der Waals surface area (Å²) in [4.78, 5) is 35.3. The van der Waals surface area contributed by atoms with E-state index >= 15 is 0 Å². The molecule has 0 aliphatic heterocycles. The number of nitrogens with one attached hydrogen (secondary N) is 2. The van der Waals surface area contributed by atoms with Crippen LogP contribution in [0.5, 0.6) is 0 Å². The molecule has 2 aromatic rings. The van der Waals surface area contributed by atoms with Crippen LogP contribution in [0.25, 0.3) is 0 Å². The minimum atomic E-state index is -0.985. The Morgan fingerprint density at radius 2 is 1.79 bits per heavy atom. The maximum Gasteiger partial charge on any atom is 0.305 e. The lowest BCUT2D eigenvalue weighted by molar-refractivity contribution is -0.136. The van der Waals surface area contributed by atoms with Gasteiger partial charge in [0.25, 0.3) is 5.91 Å². The summed E-state index contributed by atoms with van der Waals surface area (Å²) >= 11 is 0. The molecule has 3 rings (SSSR count). The van der Waals surface area contributed by atoms with Crippen LogP contribution < -0.4 is 10.6 Å². The van der Waals surface area contributed by atoms with Gasteiger partial charge in [-0.3, -0.25) is 14.4 Å². The molecule has 1 saturated carbocycles. The molecule has 1 fully saturated rings. The summed E-state index contributed by atoms with van der Waals surface area (Å²) in [6, 6.07) is 12.5. The molecule has 0 atom stereocenters. The number of carbonyl (C=O) groups excluding carboxylic acids is 2. The van der Waals surface area contributed by atoms with Crippen molar-refractivity contribution < 1.29 is 23.9 Å². The quantitative estimate of drug-likeness (QED) is 0.684. The molecule has 1 aliphatic carbocycles. The normalized spacial score (nSPS) is 14.6. The summed E-state index contributed by atoms with van der Waals surface area (Å²) in [7, 11) is 0. The van der Waals surface area contributed by atoms with Crippen molar-refractivity contribution in [1.82, 2.24) is 5.32 Å². The van der Waals surface area contributed by atoms with Crippen molar-refractivity contribution in [3.63, 3.8) is 0 Å². The summed E-state index contributed by atoms with van der Waals surface area (Å²) < 4.78 is 13.6. The van der Waals surface area contributed by atoms with Crippen LogP contribution in [0.4, 0.5) is 10.1 Å². The van der Waals surface area contributed by atoms with Gasteiger partial charge in [-0.05, 0) is 54.8 Å². The lowest BCUT2D eigenvalue weighted by Crippen LogP contribution is -2.46. The third kappa shape index (κ3) is 4.19. The van der Waals surface area contributed by atoms with E-state index in [2.05, 4.69) is 10.6 Å². The smallest absolute Gasteiger partial charge is 0.305 e. The fraction of sp³-hybridized carbons (Fsp3) is 0.286. The van der Waals surface area contributed by atoms with E-state index in [-0.39, 0.29) is 30.6 Å². The largest absolute Gasteiger partial charge is 0.481 e. The Labute approximate surface area is 161 Å². The van der Waals surface area contributed by atoms with Crippen molar-refractivity contribution in [2.24, 2.45) is 0 Å². The topological polar surface area (TPSA) is 95.5 Å². The molecular weight excluding hydrogens is 363 g/mol. The van der Waals surface area contributed by atoms with Gasteiger partial charge in [0.1, 0.15) is 5.82 Å². The zero-order chi connectivity index (χ0) is 20.1. The Hall–Kier alpha value is -3.22. The third-order valence-corrected chi connectivity index (χ3v) is 5.05. The van der Waals surface area contributed by atoms with Gasteiger partial charge in [0, 0.05) is 17.8 Å². The van der Waals surface area contributed by atoms with Gasteiger partial charge in [0.2, 0.25) is 5.91 Å². The molecule has 0 aromatic heterocycles. The molecule has 28 heavy (non-hydrogen) atoms. The molecule has 0 heterocycles. The molecular formula is C21H21FN2O4. The Morgan fingerprint density at radius 3 is 2.36 bits per heavy atom. The minimum Gasteiger partial charge on any atom is -0.481 e. The summed E-state index contributed by atoms with van der Waals surface area (Å²) in [5, 5.41) is 14.0. The van der Waals surface area contributed by atoms with Gasteiger partial charge in [-0.15, -0.1) is 0 Å². The highest BCUT2D eigenvalue weighted by molar-refractivity contribution is 6.00.